The number of carbonyl (C=O) groups excluding carboxylic acids is 1. The van der Waals surface area contributed by atoms with E-state index in [2.05, 4.69) is 4.90 Å². The third-order valence-electron chi connectivity index (χ3n) is 3.93. The minimum Gasteiger partial charge on any atom is -0.399 e. The maximum Gasteiger partial charge on any atom is 0.144 e. The summed E-state index contributed by atoms with van der Waals surface area (Å²) in [7, 11) is 0. The van der Waals surface area contributed by atoms with Crippen LogP contribution in [-0.2, 0) is 9.53 Å². The van der Waals surface area contributed by atoms with Crippen LogP contribution >= 0.6 is 0 Å². The van der Waals surface area contributed by atoms with Crippen LogP contribution in [0.5, 0.6) is 0 Å². The first-order valence-electron chi connectivity index (χ1n) is 7.21. The van der Waals surface area contributed by atoms with E-state index < -0.39 is 0 Å². The zero-order valence-corrected chi connectivity index (χ0v) is 12.2. The van der Waals surface area contributed by atoms with Crippen LogP contribution in [-0.4, -0.2) is 25.5 Å². The van der Waals surface area contributed by atoms with Gasteiger partial charge in [0.15, 0.2) is 0 Å². The van der Waals surface area contributed by atoms with Gasteiger partial charge in [-0.15, -0.1) is 0 Å². The molecular formula is C17H19N3O2. The predicted molar refractivity (Wildman–Crippen MR) is 87.6 cm³/mol. The van der Waals surface area contributed by atoms with Crippen molar-refractivity contribution in [2.75, 3.05) is 29.6 Å². The molecule has 3 rings (SSSR count). The number of benzene rings is 2. The maximum absolute atomic E-state index is 11.5. The van der Waals surface area contributed by atoms with Gasteiger partial charge in [0.25, 0.3) is 0 Å². The zero-order chi connectivity index (χ0) is 15.5. The second-order valence-corrected chi connectivity index (χ2v) is 5.42. The van der Waals surface area contributed by atoms with Crippen molar-refractivity contribution in [2.45, 2.75) is 12.1 Å². The van der Waals surface area contributed by atoms with E-state index in [1.165, 1.54) is 0 Å². The van der Waals surface area contributed by atoms with Gasteiger partial charge in [0.2, 0.25) is 0 Å². The SMILES string of the molecule is Nc1ccc(C2COCC(C=O)N2c2ccc(N)cc2)cc1. The summed E-state index contributed by atoms with van der Waals surface area (Å²) in [6, 6.07) is 14.9. The number of rotatable bonds is 3. The molecule has 1 heterocycles. The fraction of sp³-hybridized carbons (Fsp3) is 0.235. The molecule has 4 N–H and O–H groups in total. The summed E-state index contributed by atoms with van der Waals surface area (Å²) in [6.07, 6.45) is 0.930. The Morgan fingerprint density at radius 1 is 0.955 bits per heavy atom. The molecular weight excluding hydrogens is 278 g/mol. The molecule has 1 aliphatic heterocycles. The highest BCUT2D eigenvalue weighted by Gasteiger charge is 2.32. The van der Waals surface area contributed by atoms with Gasteiger partial charge in [-0.25, -0.2) is 0 Å². The van der Waals surface area contributed by atoms with E-state index in [0.717, 1.165) is 17.5 Å². The van der Waals surface area contributed by atoms with E-state index in [1.807, 2.05) is 48.5 Å². The first-order valence-corrected chi connectivity index (χ1v) is 7.21. The lowest BCUT2D eigenvalue weighted by molar-refractivity contribution is -0.111. The predicted octanol–water partition coefficient (Wildman–Crippen LogP) is 2.00. The second-order valence-electron chi connectivity index (χ2n) is 5.42. The molecule has 114 valence electrons. The normalized spacial score (nSPS) is 21.5. The van der Waals surface area contributed by atoms with Gasteiger partial charge in [-0.1, -0.05) is 12.1 Å². The van der Waals surface area contributed by atoms with E-state index in [9.17, 15) is 4.79 Å². The van der Waals surface area contributed by atoms with Gasteiger partial charge in [-0.3, -0.25) is 0 Å². The van der Waals surface area contributed by atoms with Gasteiger partial charge < -0.3 is 25.9 Å². The van der Waals surface area contributed by atoms with Crippen LogP contribution in [0.15, 0.2) is 48.5 Å². The minimum absolute atomic E-state index is 0.0341. The Kier molecular flexibility index (Phi) is 3.98. The molecule has 0 spiro atoms. The van der Waals surface area contributed by atoms with E-state index >= 15 is 0 Å². The molecule has 1 fully saturated rings. The molecule has 0 saturated carbocycles. The van der Waals surface area contributed by atoms with Gasteiger partial charge in [0, 0.05) is 17.1 Å². The van der Waals surface area contributed by atoms with Crippen molar-refractivity contribution in [3.05, 3.63) is 54.1 Å². The first kappa shape index (κ1) is 14.4. The molecule has 2 aromatic rings. The number of hydrogen-bond donors (Lipinski definition) is 2. The number of morpholine rings is 1. The molecule has 5 nitrogen and oxygen atoms in total. The molecule has 0 radical (unpaired) electrons. The fourth-order valence-corrected chi connectivity index (χ4v) is 2.79. The highest BCUT2D eigenvalue weighted by molar-refractivity contribution is 5.68. The topological polar surface area (TPSA) is 81.6 Å². The number of carbonyl (C=O) groups is 1. The molecule has 0 aromatic heterocycles. The number of aldehydes is 1. The Morgan fingerprint density at radius 2 is 1.55 bits per heavy atom. The van der Waals surface area contributed by atoms with Crippen LogP contribution < -0.4 is 16.4 Å². The number of nitrogen functional groups attached to an aromatic ring is 2. The molecule has 2 atom stereocenters. The Bertz CT molecular complexity index is 640. The van der Waals surface area contributed by atoms with Crippen molar-refractivity contribution < 1.29 is 9.53 Å². The molecule has 0 bridgehead atoms. The number of ether oxygens (including phenoxy) is 1. The summed E-state index contributed by atoms with van der Waals surface area (Å²) in [4.78, 5) is 13.6. The Labute approximate surface area is 129 Å². The summed E-state index contributed by atoms with van der Waals surface area (Å²) in [5.41, 5.74) is 15.0. The van der Waals surface area contributed by atoms with E-state index in [0.29, 0.717) is 24.6 Å². The van der Waals surface area contributed by atoms with Gasteiger partial charge in [-0.05, 0) is 42.0 Å². The fourth-order valence-electron chi connectivity index (χ4n) is 2.79. The molecule has 1 aliphatic rings. The lowest BCUT2D eigenvalue weighted by atomic mass is 10.0. The molecule has 1 saturated heterocycles. The number of hydrogen-bond acceptors (Lipinski definition) is 5. The number of nitrogens with zero attached hydrogens (tertiary/aromatic N) is 1. The van der Waals surface area contributed by atoms with Crippen LogP contribution in [0.3, 0.4) is 0 Å². The van der Waals surface area contributed by atoms with Crippen molar-refractivity contribution in [3.63, 3.8) is 0 Å². The first-order chi connectivity index (χ1) is 10.7. The summed E-state index contributed by atoms with van der Waals surface area (Å²) >= 11 is 0. The lowest BCUT2D eigenvalue weighted by Gasteiger charge is -2.41. The Balaban J connectivity index is 1.99. The van der Waals surface area contributed by atoms with Crippen molar-refractivity contribution in [1.29, 1.82) is 0 Å². The summed E-state index contributed by atoms with van der Waals surface area (Å²) in [5.74, 6) is 0. The highest BCUT2D eigenvalue weighted by Crippen LogP contribution is 2.33. The molecule has 0 aliphatic carbocycles. The lowest BCUT2D eigenvalue weighted by Crippen LogP contribution is -2.48. The van der Waals surface area contributed by atoms with E-state index in [4.69, 9.17) is 16.2 Å². The average Bonchev–Trinajstić information content (AvgIpc) is 2.56. The van der Waals surface area contributed by atoms with Crippen LogP contribution in [0.25, 0.3) is 0 Å². The quantitative estimate of drug-likeness (QED) is 0.669. The molecule has 2 unspecified atom stereocenters. The van der Waals surface area contributed by atoms with Gasteiger partial charge >= 0.3 is 0 Å². The standard InChI is InChI=1S/C17H19N3O2/c18-13-3-1-12(2-4-13)17-11-22-10-16(9-21)20(17)15-7-5-14(19)6-8-15/h1-9,16-17H,10-11,18-19H2. The third-order valence-corrected chi connectivity index (χ3v) is 3.93. The van der Waals surface area contributed by atoms with Crippen molar-refractivity contribution in [2.24, 2.45) is 0 Å². The average molecular weight is 297 g/mol. The van der Waals surface area contributed by atoms with Gasteiger partial charge in [0.05, 0.1) is 19.3 Å². The van der Waals surface area contributed by atoms with Crippen LogP contribution in [0.4, 0.5) is 17.1 Å². The van der Waals surface area contributed by atoms with Crippen LogP contribution in [0.2, 0.25) is 0 Å². The van der Waals surface area contributed by atoms with E-state index in [-0.39, 0.29) is 12.1 Å². The largest absolute Gasteiger partial charge is 0.399 e. The Morgan fingerprint density at radius 3 is 2.14 bits per heavy atom. The highest BCUT2D eigenvalue weighted by atomic mass is 16.5. The zero-order valence-electron chi connectivity index (χ0n) is 12.2. The summed E-state index contributed by atoms with van der Waals surface area (Å²) in [6.45, 7) is 0.915. The van der Waals surface area contributed by atoms with Crippen LogP contribution in [0.1, 0.15) is 11.6 Å². The molecule has 5 heteroatoms. The van der Waals surface area contributed by atoms with Crippen molar-refractivity contribution >= 4 is 23.3 Å². The number of anilines is 3. The molecule has 22 heavy (non-hydrogen) atoms. The second kappa shape index (κ2) is 6.07. The Hall–Kier alpha value is -2.53. The van der Waals surface area contributed by atoms with Gasteiger partial charge in [0.1, 0.15) is 12.3 Å². The minimum atomic E-state index is -0.320. The summed E-state index contributed by atoms with van der Waals surface area (Å²) < 4.78 is 5.62. The monoisotopic (exact) mass is 297 g/mol. The maximum atomic E-state index is 11.5. The van der Waals surface area contributed by atoms with Crippen molar-refractivity contribution in [1.82, 2.24) is 0 Å². The number of nitrogens with two attached hydrogens (primary N) is 2. The molecule has 0 amide bonds. The van der Waals surface area contributed by atoms with E-state index in [1.54, 1.807) is 0 Å². The molecule has 2 aromatic carbocycles. The van der Waals surface area contributed by atoms with Crippen molar-refractivity contribution in [3.8, 4) is 0 Å². The third kappa shape index (κ3) is 2.76. The van der Waals surface area contributed by atoms with Gasteiger partial charge in [-0.2, -0.15) is 0 Å². The summed E-state index contributed by atoms with van der Waals surface area (Å²) in [5, 5.41) is 0. The smallest absolute Gasteiger partial charge is 0.144 e. The van der Waals surface area contributed by atoms with Crippen LogP contribution in [0, 0.1) is 0 Å².